The predicted octanol–water partition coefficient (Wildman–Crippen LogP) is 3.94. The molecule has 3 heterocycles. The number of halogens is 2. The van der Waals surface area contributed by atoms with Crippen LogP contribution in [0, 0.1) is 11.6 Å². The zero-order valence-electron chi connectivity index (χ0n) is 19.8. The van der Waals surface area contributed by atoms with E-state index >= 15 is 4.39 Å². The lowest BCUT2D eigenvalue weighted by atomic mass is 10.0. The fourth-order valence-corrected chi connectivity index (χ4v) is 5.03. The fraction of sp³-hybridized carbons (Fsp3) is 0.125. The van der Waals surface area contributed by atoms with Crippen molar-refractivity contribution in [3.05, 3.63) is 84.3 Å². The molecule has 0 aliphatic carbocycles. The molecule has 3 N–H and O–H groups in total. The average Bonchev–Trinajstić information content (AvgIpc) is 3.57. The summed E-state index contributed by atoms with van der Waals surface area (Å²) in [5.41, 5.74) is -0.00844. The Kier molecular flexibility index (Phi) is 6.55. The highest BCUT2D eigenvalue weighted by Gasteiger charge is 2.27. The lowest BCUT2D eigenvalue weighted by Crippen LogP contribution is -2.18. The average molecular weight is 539 g/mol. The van der Waals surface area contributed by atoms with Crippen LogP contribution in [0.25, 0.3) is 16.7 Å². The van der Waals surface area contributed by atoms with E-state index in [4.69, 9.17) is 0 Å². The van der Waals surface area contributed by atoms with E-state index in [2.05, 4.69) is 35.1 Å². The minimum absolute atomic E-state index is 0.109. The molecule has 194 valence electrons. The van der Waals surface area contributed by atoms with Gasteiger partial charge in [0.2, 0.25) is 15.8 Å². The number of H-pyrrole nitrogens is 1. The summed E-state index contributed by atoms with van der Waals surface area (Å²) in [4.78, 5) is 28.5. The van der Waals surface area contributed by atoms with Crippen LogP contribution in [0.5, 0.6) is 0 Å². The van der Waals surface area contributed by atoms with E-state index in [9.17, 15) is 17.6 Å². The molecule has 0 aliphatic rings. The molecule has 0 bridgehead atoms. The molecule has 5 rings (SSSR count). The second kappa shape index (κ2) is 9.97. The summed E-state index contributed by atoms with van der Waals surface area (Å²) in [5, 5.41) is 7.39. The SMILES string of the molecule is CCCS(=O)(=O)Nc1ccc(F)c(C(=O)c2c[nH]c3ncnc(Nc4cccc(-n5cncn5)c4)c23)c1F. The van der Waals surface area contributed by atoms with Gasteiger partial charge in [-0.1, -0.05) is 13.0 Å². The van der Waals surface area contributed by atoms with Crippen LogP contribution < -0.4 is 10.0 Å². The van der Waals surface area contributed by atoms with Crippen LogP contribution >= 0.6 is 0 Å². The van der Waals surface area contributed by atoms with Crippen LogP contribution in [0.1, 0.15) is 29.3 Å². The van der Waals surface area contributed by atoms with Gasteiger partial charge in [0, 0.05) is 11.9 Å². The topological polar surface area (TPSA) is 148 Å². The number of aromatic nitrogens is 6. The molecule has 0 saturated heterocycles. The molecule has 3 aromatic heterocycles. The van der Waals surface area contributed by atoms with Crippen molar-refractivity contribution < 1.29 is 22.0 Å². The minimum Gasteiger partial charge on any atom is -0.345 e. The van der Waals surface area contributed by atoms with Crippen LogP contribution in [-0.2, 0) is 10.0 Å². The number of sulfonamides is 1. The number of carbonyl (C=O) groups is 1. The summed E-state index contributed by atoms with van der Waals surface area (Å²) in [6, 6.07) is 8.88. The highest BCUT2D eigenvalue weighted by molar-refractivity contribution is 7.92. The van der Waals surface area contributed by atoms with Crippen LogP contribution in [0.3, 0.4) is 0 Å². The molecular weight excluding hydrogens is 518 g/mol. The van der Waals surface area contributed by atoms with Crippen molar-refractivity contribution in [1.82, 2.24) is 29.7 Å². The fourth-order valence-electron chi connectivity index (χ4n) is 3.90. The zero-order valence-corrected chi connectivity index (χ0v) is 20.6. The van der Waals surface area contributed by atoms with Gasteiger partial charge in [0.25, 0.3) is 0 Å². The van der Waals surface area contributed by atoms with E-state index < -0.39 is 38.7 Å². The Morgan fingerprint density at radius 2 is 1.97 bits per heavy atom. The minimum atomic E-state index is -3.88. The van der Waals surface area contributed by atoms with Gasteiger partial charge in [-0.3, -0.25) is 9.52 Å². The molecule has 38 heavy (non-hydrogen) atoms. The maximum absolute atomic E-state index is 15.3. The molecule has 0 amide bonds. The van der Waals surface area contributed by atoms with Crippen molar-refractivity contribution in [2.24, 2.45) is 0 Å². The third kappa shape index (κ3) is 4.80. The normalized spacial score (nSPS) is 11.6. The summed E-state index contributed by atoms with van der Waals surface area (Å²) < 4.78 is 58.0. The van der Waals surface area contributed by atoms with E-state index in [1.165, 1.54) is 25.2 Å². The van der Waals surface area contributed by atoms with Crippen molar-refractivity contribution in [1.29, 1.82) is 0 Å². The van der Waals surface area contributed by atoms with Crippen LogP contribution in [0.4, 0.5) is 26.0 Å². The first-order valence-electron chi connectivity index (χ1n) is 11.3. The number of fused-ring (bicyclic) bond motifs is 1. The Morgan fingerprint density at radius 3 is 2.74 bits per heavy atom. The van der Waals surface area contributed by atoms with Gasteiger partial charge in [0.15, 0.2) is 5.82 Å². The highest BCUT2D eigenvalue weighted by atomic mass is 32.2. The number of aromatic amines is 1. The smallest absolute Gasteiger partial charge is 0.232 e. The van der Waals surface area contributed by atoms with Crippen molar-refractivity contribution in [3.8, 4) is 5.69 Å². The predicted molar refractivity (Wildman–Crippen MR) is 136 cm³/mol. The summed E-state index contributed by atoms with van der Waals surface area (Å²) in [7, 11) is -3.88. The number of carbonyl (C=O) groups excluding carboxylic acids is 1. The maximum atomic E-state index is 15.3. The molecule has 0 atom stereocenters. The quantitative estimate of drug-likeness (QED) is 0.239. The lowest BCUT2D eigenvalue weighted by Gasteiger charge is -2.12. The molecule has 0 fully saturated rings. The number of hydrogen-bond acceptors (Lipinski definition) is 8. The molecule has 2 aromatic carbocycles. The van der Waals surface area contributed by atoms with E-state index in [-0.39, 0.29) is 34.6 Å². The van der Waals surface area contributed by atoms with Gasteiger partial charge < -0.3 is 10.3 Å². The van der Waals surface area contributed by atoms with Gasteiger partial charge >= 0.3 is 0 Å². The Bertz CT molecular complexity index is 1750. The van der Waals surface area contributed by atoms with Gasteiger partial charge in [-0.05, 0) is 36.8 Å². The number of nitrogens with zero attached hydrogens (tertiary/aromatic N) is 5. The van der Waals surface area contributed by atoms with Gasteiger partial charge in [-0.15, -0.1) is 0 Å². The third-order valence-corrected chi connectivity index (χ3v) is 7.04. The van der Waals surface area contributed by atoms with Crippen molar-refractivity contribution in [2.45, 2.75) is 13.3 Å². The number of hydrogen-bond donors (Lipinski definition) is 3. The molecule has 0 saturated carbocycles. The third-order valence-electron chi connectivity index (χ3n) is 5.56. The van der Waals surface area contributed by atoms with Crippen LogP contribution in [0.2, 0.25) is 0 Å². The van der Waals surface area contributed by atoms with Gasteiger partial charge in [0.05, 0.1) is 33.6 Å². The van der Waals surface area contributed by atoms with Gasteiger partial charge in [0.1, 0.15) is 36.3 Å². The largest absolute Gasteiger partial charge is 0.345 e. The molecule has 0 radical (unpaired) electrons. The molecule has 0 aliphatic heterocycles. The Morgan fingerprint density at radius 1 is 1.13 bits per heavy atom. The van der Waals surface area contributed by atoms with Gasteiger partial charge in [-0.2, -0.15) is 5.10 Å². The molecular formula is C24H20F2N8O3S. The number of benzene rings is 2. The summed E-state index contributed by atoms with van der Waals surface area (Å²) in [6.45, 7) is 1.64. The number of anilines is 3. The van der Waals surface area contributed by atoms with E-state index in [1.54, 1.807) is 29.8 Å². The van der Waals surface area contributed by atoms with E-state index in [0.717, 1.165) is 12.1 Å². The summed E-state index contributed by atoms with van der Waals surface area (Å²) >= 11 is 0. The molecule has 14 heteroatoms. The van der Waals surface area contributed by atoms with Crippen molar-refractivity contribution in [2.75, 3.05) is 15.8 Å². The van der Waals surface area contributed by atoms with E-state index in [1.807, 2.05) is 6.07 Å². The first-order chi connectivity index (χ1) is 18.3. The van der Waals surface area contributed by atoms with Crippen molar-refractivity contribution >= 4 is 44.0 Å². The second-order valence-electron chi connectivity index (χ2n) is 8.20. The number of ketones is 1. The highest BCUT2D eigenvalue weighted by Crippen LogP contribution is 2.31. The van der Waals surface area contributed by atoms with Crippen LogP contribution in [0.15, 0.2) is 61.6 Å². The zero-order chi connectivity index (χ0) is 26.9. The first-order valence-corrected chi connectivity index (χ1v) is 13.0. The van der Waals surface area contributed by atoms with Crippen LogP contribution in [-0.4, -0.2) is 49.7 Å². The molecule has 0 spiro atoms. The Hall–Kier alpha value is -4.72. The Balaban J connectivity index is 1.54. The molecule has 11 nitrogen and oxygen atoms in total. The maximum Gasteiger partial charge on any atom is 0.232 e. The monoisotopic (exact) mass is 538 g/mol. The number of rotatable bonds is 9. The lowest BCUT2D eigenvalue weighted by molar-refractivity contribution is 0.103. The molecule has 0 unspecified atom stereocenters. The standard InChI is InChI=1S/C24H20F2N8O3S/c1-2-8-38(36,37)33-18-7-6-17(25)20(21(18)26)22(35)16-10-28-23-19(16)24(30-12-29-23)32-14-4-3-5-15(9-14)34-13-27-11-31-34/h3-7,9-13,33H,2,8H2,1H3,(H2,28,29,30,32). The Labute approximate surface area is 215 Å². The first kappa shape index (κ1) is 25.0. The van der Waals surface area contributed by atoms with Crippen molar-refractivity contribution in [3.63, 3.8) is 0 Å². The second-order valence-corrected chi connectivity index (χ2v) is 10.0. The summed E-state index contributed by atoms with van der Waals surface area (Å²) in [6.07, 6.45) is 5.75. The van der Waals surface area contributed by atoms with E-state index in [0.29, 0.717) is 11.4 Å². The molecule has 5 aromatic rings. The number of nitrogens with one attached hydrogen (secondary N) is 3. The summed E-state index contributed by atoms with van der Waals surface area (Å²) in [5.74, 6) is -3.55. The van der Waals surface area contributed by atoms with Gasteiger partial charge in [-0.25, -0.2) is 36.8 Å².